The number of halogens is 1. The maximum atomic E-state index is 12.4. The smallest absolute Gasteiger partial charge is 0.321 e. The zero-order chi connectivity index (χ0) is 15.4. The molecule has 0 atom stereocenters. The van der Waals surface area contributed by atoms with Gasteiger partial charge in [0, 0.05) is 23.2 Å². The first-order valence-corrected chi connectivity index (χ1v) is 8.41. The van der Waals surface area contributed by atoms with Crippen LogP contribution in [0.15, 0.2) is 53.0 Å². The van der Waals surface area contributed by atoms with Gasteiger partial charge in [0.15, 0.2) is 0 Å². The minimum atomic E-state index is 0.00395. The maximum absolute atomic E-state index is 12.4. The van der Waals surface area contributed by atoms with Gasteiger partial charge in [-0.2, -0.15) is 0 Å². The Kier molecular flexibility index (Phi) is 4.78. The van der Waals surface area contributed by atoms with Crippen LogP contribution in [0.3, 0.4) is 0 Å². The van der Waals surface area contributed by atoms with E-state index in [4.69, 9.17) is 0 Å². The number of hydrogen-bond acceptors (Lipinski definition) is 1. The molecule has 0 aromatic heterocycles. The Bertz CT molecular complexity index is 654. The summed E-state index contributed by atoms with van der Waals surface area (Å²) in [5.41, 5.74) is 3.54. The van der Waals surface area contributed by atoms with Crippen molar-refractivity contribution >= 4 is 27.6 Å². The summed E-state index contributed by atoms with van der Waals surface area (Å²) in [5, 5.41) is 3.03. The number of carbonyl (C=O) groups excluding carboxylic acids is 1. The number of hydrogen-bond donors (Lipinski definition) is 1. The van der Waals surface area contributed by atoms with E-state index in [1.165, 1.54) is 11.1 Å². The van der Waals surface area contributed by atoms with Crippen molar-refractivity contribution in [3.05, 3.63) is 64.1 Å². The van der Waals surface area contributed by atoms with Gasteiger partial charge < -0.3 is 5.32 Å². The highest BCUT2D eigenvalue weighted by atomic mass is 79.9. The standard InChI is InChI=1S/C18H19BrN2O/c19-16-9-7-14(8-10-16)11-12-20-18(22)21-13-3-5-15-4-1-2-6-17(15)21/h1-2,4,6-10H,3,5,11-13H2,(H,20,22). The summed E-state index contributed by atoms with van der Waals surface area (Å²) in [6.45, 7) is 1.44. The number of nitrogens with zero attached hydrogens (tertiary/aromatic N) is 1. The van der Waals surface area contributed by atoms with Crippen LogP contribution in [-0.4, -0.2) is 19.1 Å². The van der Waals surface area contributed by atoms with E-state index in [1.54, 1.807) is 0 Å². The number of rotatable bonds is 3. The highest BCUT2D eigenvalue weighted by Gasteiger charge is 2.21. The van der Waals surface area contributed by atoms with E-state index in [0.717, 1.165) is 36.0 Å². The van der Waals surface area contributed by atoms with Gasteiger partial charge in [0.25, 0.3) is 0 Å². The molecule has 3 rings (SSSR count). The topological polar surface area (TPSA) is 32.3 Å². The van der Waals surface area contributed by atoms with E-state index < -0.39 is 0 Å². The van der Waals surface area contributed by atoms with Crippen LogP contribution in [0.1, 0.15) is 17.5 Å². The first-order valence-electron chi connectivity index (χ1n) is 7.62. The summed E-state index contributed by atoms with van der Waals surface area (Å²) < 4.78 is 1.07. The van der Waals surface area contributed by atoms with Crippen molar-refractivity contribution in [3.8, 4) is 0 Å². The van der Waals surface area contributed by atoms with Crippen LogP contribution in [0.2, 0.25) is 0 Å². The van der Waals surface area contributed by atoms with Crippen molar-refractivity contribution in [2.45, 2.75) is 19.3 Å². The van der Waals surface area contributed by atoms with Gasteiger partial charge in [0.1, 0.15) is 0 Å². The second kappa shape index (κ2) is 6.97. The molecule has 0 aliphatic carbocycles. The van der Waals surface area contributed by atoms with Crippen LogP contribution in [0.4, 0.5) is 10.5 Å². The first kappa shape index (κ1) is 15.1. The van der Waals surface area contributed by atoms with Crippen molar-refractivity contribution in [2.75, 3.05) is 18.0 Å². The lowest BCUT2D eigenvalue weighted by atomic mass is 10.0. The zero-order valence-corrected chi connectivity index (χ0v) is 14.0. The van der Waals surface area contributed by atoms with Crippen LogP contribution < -0.4 is 10.2 Å². The van der Waals surface area contributed by atoms with Gasteiger partial charge in [-0.15, -0.1) is 0 Å². The third-order valence-electron chi connectivity index (χ3n) is 3.96. The lowest BCUT2D eigenvalue weighted by Gasteiger charge is -2.29. The molecule has 0 saturated heterocycles. The minimum absolute atomic E-state index is 0.00395. The second-order valence-electron chi connectivity index (χ2n) is 5.49. The van der Waals surface area contributed by atoms with E-state index >= 15 is 0 Å². The van der Waals surface area contributed by atoms with Gasteiger partial charge in [-0.25, -0.2) is 4.79 Å². The number of benzene rings is 2. The van der Waals surface area contributed by atoms with E-state index in [0.29, 0.717) is 6.54 Å². The molecule has 0 unspecified atom stereocenters. The van der Waals surface area contributed by atoms with Gasteiger partial charge in [0.05, 0.1) is 0 Å². The zero-order valence-electron chi connectivity index (χ0n) is 12.4. The summed E-state index contributed by atoms with van der Waals surface area (Å²) >= 11 is 3.43. The molecule has 2 amide bonds. The van der Waals surface area contributed by atoms with Gasteiger partial charge in [-0.1, -0.05) is 46.3 Å². The monoisotopic (exact) mass is 358 g/mol. The summed E-state index contributed by atoms with van der Waals surface area (Å²) in [4.78, 5) is 14.3. The maximum Gasteiger partial charge on any atom is 0.321 e. The number of urea groups is 1. The van der Waals surface area contributed by atoms with Crippen LogP contribution in [0, 0.1) is 0 Å². The molecule has 0 bridgehead atoms. The van der Waals surface area contributed by atoms with E-state index in [1.807, 2.05) is 35.2 Å². The molecule has 2 aromatic carbocycles. The molecule has 22 heavy (non-hydrogen) atoms. The van der Waals surface area contributed by atoms with Crippen molar-refractivity contribution in [1.82, 2.24) is 5.32 Å². The molecule has 0 saturated carbocycles. The van der Waals surface area contributed by atoms with Crippen molar-refractivity contribution in [1.29, 1.82) is 0 Å². The number of para-hydroxylation sites is 1. The number of fused-ring (bicyclic) bond motifs is 1. The quantitative estimate of drug-likeness (QED) is 0.877. The Morgan fingerprint density at radius 2 is 1.91 bits per heavy atom. The molecule has 1 aliphatic heterocycles. The molecule has 1 N–H and O–H groups in total. The number of carbonyl (C=O) groups is 1. The Balaban J connectivity index is 1.58. The summed E-state index contributed by atoms with van der Waals surface area (Å²) in [6, 6.07) is 16.4. The Hall–Kier alpha value is -1.81. The van der Waals surface area contributed by atoms with Crippen molar-refractivity contribution in [3.63, 3.8) is 0 Å². The fourth-order valence-electron chi connectivity index (χ4n) is 2.80. The Morgan fingerprint density at radius 3 is 2.73 bits per heavy atom. The first-order chi connectivity index (χ1) is 10.7. The fraction of sp³-hybridized carbons (Fsp3) is 0.278. The van der Waals surface area contributed by atoms with Crippen LogP contribution in [-0.2, 0) is 12.8 Å². The Labute approximate surface area is 139 Å². The Morgan fingerprint density at radius 1 is 1.14 bits per heavy atom. The molecule has 4 heteroatoms. The average Bonchev–Trinajstić information content (AvgIpc) is 2.56. The van der Waals surface area contributed by atoms with Crippen LogP contribution >= 0.6 is 15.9 Å². The van der Waals surface area contributed by atoms with Gasteiger partial charge in [-0.3, -0.25) is 4.90 Å². The number of anilines is 1. The fourth-order valence-corrected chi connectivity index (χ4v) is 3.07. The highest BCUT2D eigenvalue weighted by molar-refractivity contribution is 9.10. The number of amides is 2. The van der Waals surface area contributed by atoms with E-state index in [-0.39, 0.29) is 6.03 Å². The summed E-state index contributed by atoms with van der Waals surface area (Å²) in [7, 11) is 0. The molecule has 3 nitrogen and oxygen atoms in total. The molecule has 0 spiro atoms. The average molecular weight is 359 g/mol. The predicted molar refractivity (Wildman–Crippen MR) is 93.4 cm³/mol. The molecule has 1 heterocycles. The van der Waals surface area contributed by atoms with Crippen LogP contribution in [0.25, 0.3) is 0 Å². The van der Waals surface area contributed by atoms with E-state index in [9.17, 15) is 4.79 Å². The summed E-state index contributed by atoms with van der Waals surface area (Å²) in [5.74, 6) is 0. The van der Waals surface area contributed by atoms with Gasteiger partial charge >= 0.3 is 6.03 Å². The highest BCUT2D eigenvalue weighted by Crippen LogP contribution is 2.26. The number of nitrogens with one attached hydrogen (secondary N) is 1. The van der Waals surface area contributed by atoms with Crippen LogP contribution in [0.5, 0.6) is 0 Å². The molecular formula is C18H19BrN2O. The third-order valence-corrected chi connectivity index (χ3v) is 4.49. The second-order valence-corrected chi connectivity index (χ2v) is 6.41. The SMILES string of the molecule is O=C(NCCc1ccc(Br)cc1)N1CCCc2ccccc21. The molecule has 1 aliphatic rings. The molecule has 114 valence electrons. The molecule has 2 aromatic rings. The lowest BCUT2D eigenvalue weighted by molar-refractivity contribution is 0.246. The molecule has 0 fully saturated rings. The largest absolute Gasteiger partial charge is 0.337 e. The molecular weight excluding hydrogens is 340 g/mol. The normalized spacial score (nSPS) is 13.6. The summed E-state index contributed by atoms with van der Waals surface area (Å²) in [6.07, 6.45) is 2.92. The third kappa shape index (κ3) is 3.50. The molecule has 0 radical (unpaired) electrons. The van der Waals surface area contributed by atoms with E-state index in [2.05, 4.69) is 39.4 Å². The predicted octanol–water partition coefficient (Wildman–Crippen LogP) is 4.15. The van der Waals surface area contributed by atoms with Gasteiger partial charge in [0.2, 0.25) is 0 Å². The number of aryl methyl sites for hydroxylation is 1. The van der Waals surface area contributed by atoms with Crippen molar-refractivity contribution in [2.24, 2.45) is 0 Å². The minimum Gasteiger partial charge on any atom is -0.337 e. The van der Waals surface area contributed by atoms with Crippen molar-refractivity contribution < 1.29 is 4.79 Å². The van der Waals surface area contributed by atoms with Gasteiger partial charge in [-0.05, 0) is 48.6 Å². The lowest BCUT2D eigenvalue weighted by Crippen LogP contribution is -2.43.